The van der Waals surface area contributed by atoms with Gasteiger partial charge in [-0.15, -0.1) is 0 Å². The maximum atomic E-state index is 4.14. The van der Waals surface area contributed by atoms with E-state index in [4.69, 9.17) is 0 Å². The number of rotatable bonds is 3. The normalized spacial score (nSPS) is 9.85. The molecule has 0 bridgehead atoms. The molecule has 0 unspecified atom stereocenters. The molecule has 66 valence electrons. The van der Waals surface area contributed by atoms with Gasteiger partial charge in [-0.1, -0.05) is 0 Å². The van der Waals surface area contributed by atoms with Crippen molar-refractivity contribution in [3.63, 3.8) is 0 Å². The average molecular weight is 174 g/mol. The minimum Gasteiger partial charge on any atom is -0.320 e. The summed E-state index contributed by atoms with van der Waals surface area (Å²) in [6.07, 6.45) is 8.98. The van der Waals surface area contributed by atoms with Crippen LogP contribution in [-0.2, 0) is 6.54 Å². The SMILES string of the molecule is c1ccn(NCc2cnccn2)c1. The van der Waals surface area contributed by atoms with Crippen LogP contribution in [0.15, 0.2) is 43.1 Å². The van der Waals surface area contributed by atoms with Crippen LogP contribution >= 0.6 is 0 Å². The Balaban J connectivity index is 1.94. The Morgan fingerprint density at radius 2 is 2.08 bits per heavy atom. The van der Waals surface area contributed by atoms with Gasteiger partial charge in [-0.05, 0) is 12.1 Å². The van der Waals surface area contributed by atoms with Gasteiger partial charge in [0.1, 0.15) is 0 Å². The van der Waals surface area contributed by atoms with E-state index in [1.54, 1.807) is 18.6 Å². The van der Waals surface area contributed by atoms with E-state index in [-0.39, 0.29) is 0 Å². The lowest BCUT2D eigenvalue weighted by molar-refractivity contribution is 0.824. The molecule has 2 heterocycles. The van der Waals surface area contributed by atoms with Crippen molar-refractivity contribution in [2.75, 3.05) is 5.43 Å². The van der Waals surface area contributed by atoms with Crippen molar-refractivity contribution in [3.8, 4) is 0 Å². The van der Waals surface area contributed by atoms with Gasteiger partial charge in [0.25, 0.3) is 0 Å². The van der Waals surface area contributed by atoms with Gasteiger partial charge in [0.05, 0.1) is 18.4 Å². The standard InChI is InChI=1S/C9H10N4/c1-2-6-13(5-1)12-8-9-7-10-3-4-11-9/h1-7,12H,8H2. The van der Waals surface area contributed by atoms with Crippen LogP contribution in [0.4, 0.5) is 0 Å². The second-order valence-corrected chi connectivity index (χ2v) is 2.62. The lowest BCUT2D eigenvalue weighted by atomic mass is 10.5. The van der Waals surface area contributed by atoms with Crippen LogP contribution in [0.3, 0.4) is 0 Å². The lowest BCUT2D eigenvalue weighted by Crippen LogP contribution is -2.12. The molecular weight excluding hydrogens is 164 g/mol. The zero-order valence-electron chi connectivity index (χ0n) is 7.09. The first-order valence-corrected chi connectivity index (χ1v) is 4.07. The molecule has 0 radical (unpaired) electrons. The number of nitrogens with one attached hydrogen (secondary N) is 1. The summed E-state index contributed by atoms with van der Waals surface area (Å²) in [5, 5.41) is 0. The molecule has 2 aromatic rings. The zero-order chi connectivity index (χ0) is 8.93. The molecule has 13 heavy (non-hydrogen) atoms. The van der Waals surface area contributed by atoms with Crippen molar-refractivity contribution in [1.82, 2.24) is 14.6 Å². The Bertz CT molecular complexity index is 341. The van der Waals surface area contributed by atoms with Crippen molar-refractivity contribution in [1.29, 1.82) is 0 Å². The van der Waals surface area contributed by atoms with E-state index in [9.17, 15) is 0 Å². The van der Waals surface area contributed by atoms with E-state index in [1.165, 1.54) is 0 Å². The van der Waals surface area contributed by atoms with Crippen molar-refractivity contribution >= 4 is 0 Å². The molecule has 4 heteroatoms. The molecular formula is C9H10N4. The number of hydrogen-bond acceptors (Lipinski definition) is 3. The quantitative estimate of drug-likeness (QED) is 0.755. The summed E-state index contributed by atoms with van der Waals surface area (Å²) in [5.41, 5.74) is 4.08. The van der Waals surface area contributed by atoms with Crippen LogP contribution in [0.1, 0.15) is 5.69 Å². The number of nitrogens with zero attached hydrogens (tertiary/aromatic N) is 3. The molecule has 0 atom stereocenters. The van der Waals surface area contributed by atoms with Crippen molar-refractivity contribution in [2.45, 2.75) is 6.54 Å². The summed E-state index contributed by atoms with van der Waals surface area (Å²) >= 11 is 0. The van der Waals surface area contributed by atoms with Gasteiger partial charge in [0, 0.05) is 24.8 Å². The topological polar surface area (TPSA) is 42.7 Å². The van der Waals surface area contributed by atoms with Gasteiger partial charge in [-0.2, -0.15) is 0 Å². The number of aromatic nitrogens is 3. The summed E-state index contributed by atoms with van der Waals surface area (Å²) in [5.74, 6) is 0. The van der Waals surface area contributed by atoms with E-state index in [0.29, 0.717) is 6.54 Å². The van der Waals surface area contributed by atoms with Crippen molar-refractivity contribution in [3.05, 3.63) is 48.8 Å². The van der Waals surface area contributed by atoms with Crippen molar-refractivity contribution in [2.24, 2.45) is 0 Å². The highest BCUT2D eigenvalue weighted by atomic mass is 15.4. The highest BCUT2D eigenvalue weighted by molar-refractivity contribution is 4.99. The second kappa shape index (κ2) is 3.71. The second-order valence-electron chi connectivity index (χ2n) is 2.62. The van der Waals surface area contributed by atoms with Crippen LogP contribution in [0, 0.1) is 0 Å². The van der Waals surface area contributed by atoms with Crippen LogP contribution in [0.25, 0.3) is 0 Å². The Morgan fingerprint density at radius 3 is 2.77 bits per heavy atom. The first-order valence-electron chi connectivity index (χ1n) is 4.07. The Labute approximate surface area is 76.2 Å². The van der Waals surface area contributed by atoms with Crippen LogP contribution in [-0.4, -0.2) is 14.6 Å². The molecule has 0 aliphatic heterocycles. The van der Waals surface area contributed by atoms with Crippen LogP contribution in [0.2, 0.25) is 0 Å². The Kier molecular flexibility index (Phi) is 2.22. The fraction of sp³-hybridized carbons (Fsp3) is 0.111. The molecule has 0 aliphatic carbocycles. The van der Waals surface area contributed by atoms with E-state index < -0.39 is 0 Å². The molecule has 0 amide bonds. The molecule has 0 aromatic carbocycles. The minimum absolute atomic E-state index is 0.683. The predicted octanol–water partition coefficient (Wildman–Crippen LogP) is 1.02. The van der Waals surface area contributed by atoms with E-state index in [1.807, 2.05) is 29.2 Å². The fourth-order valence-electron chi connectivity index (χ4n) is 1.03. The summed E-state index contributed by atoms with van der Waals surface area (Å²) in [4.78, 5) is 8.11. The molecule has 0 saturated heterocycles. The first-order chi connectivity index (χ1) is 6.45. The van der Waals surface area contributed by atoms with Gasteiger partial charge in [0.15, 0.2) is 0 Å². The molecule has 1 N–H and O–H groups in total. The molecule has 0 fully saturated rings. The molecule has 4 nitrogen and oxygen atoms in total. The van der Waals surface area contributed by atoms with Gasteiger partial charge in [0.2, 0.25) is 0 Å². The highest BCUT2D eigenvalue weighted by Gasteiger charge is 1.91. The third-order valence-corrected chi connectivity index (χ3v) is 1.66. The van der Waals surface area contributed by atoms with Crippen molar-refractivity contribution < 1.29 is 0 Å². The van der Waals surface area contributed by atoms with E-state index >= 15 is 0 Å². The third-order valence-electron chi connectivity index (χ3n) is 1.66. The molecule has 0 aliphatic rings. The Hall–Kier alpha value is -1.84. The lowest BCUT2D eigenvalue weighted by Gasteiger charge is -2.05. The molecule has 2 aromatic heterocycles. The highest BCUT2D eigenvalue weighted by Crippen LogP contribution is 1.91. The van der Waals surface area contributed by atoms with Crippen LogP contribution < -0.4 is 5.43 Å². The molecule has 0 saturated carbocycles. The van der Waals surface area contributed by atoms with Gasteiger partial charge in [-0.25, -0.2) is 0 Å². The monoisotopic (exact) mass is 174 g/mol. The van der Waals surface area contributed by atoms with E-state index in [2.05, 4.69) is 15.4 Å². The van der Waals surface area contributed by atoms with Gasteiger partial charge < -0.3 is 5.43 Å². The molecule has 2 rings (SSSR count). The third kappa shape index (κ3) is 2.05. The maximum Gasteiger partial charge on any atom is 0.0793 e. The summed E-state index contributed by atoms with van der Waals surface area (Å²) < 4.78 is 1.88. The van der Waals surface area contributed by atoms with Crippen LogP contribution in [0.5, 0.6) is 0 Å². The average Bonchev–Trinajstić information content (AvgIpc) is 2.69. The minimum atomic E-state index is 0.683. The number of hydrogen-bond donors (Lipinski definition) is 1. The first kappa shape index (κ1) is 7.79. The van der Waals surface area contributed by atoms with Gasteiger partial charge in [-0.3, -0.25) is 14.6 Å². The summed E-state index contributed by atoms with van der Waals surface area (Å²) in [6.45, 7) is 0.683. The summed E-state index contributed by atoms with van der Waals surface area (Å²) in [6, 6.07) is 3.92. The fourth-order valence-corrected chi connectivity index (χ4v) is 1.03. The molecule has 0 spiro atoms. The predicted molar refractivity (Wildman–Crippen MR) is 49.5 cm³/mol. The summed E-state index contributed by atoms with van der Waals surface area (Å²) in [7, 11) is 0. The largest absolute Gasteiger partial charge is 0.320 e. The smallest absolute Gasteiger partial charge is 0.0793 e. The van der Waals surface area contributed by atoms with Gasteiger partial charge >= 0.3 is 0 Å². The Morgan fingerprint density at radius 1 is 1.23 bits per heavy atom. The van der Waals surface area contributed by atoms with E-state index in [0.717, 1.165) is 5.69 Å². The maximum absolute atomic E-state index is 4.14. The zero-order valence-corrected chi connectivity index (χ0v) is 7.09.